The number of thioether (sulfide) groups is 1. The molecule has 1 aromatic heterocycles. The molecule has 0 saturated carbocycles. The van der Waals surface area contributed by atoms with Crippen molar-refractivity contribution < 1.29 is 28.9 Å². The first-order chi connectivity index (χ1) is 18.5. The predicted molar refractivity (Wildman–Crippen MR) is 141 cm³/mol. The summed E-state index contributed by atoms with van der Waals surface area (Å²) in [7, 11) is 0. The van der Waals surface area contributed by atoms with E-state index in [1.54, 1.807) is 37.5 Å². The number of aliphatic hydroxyl groups is 1. The van der Waals surface area contributed by atoms with E-state index in [0.29, 0.717) is 23.0 Å². The van der Waals surface area contributed by atoms with Gasteiger partial charge in [0.15, 0.2) is 11.4 Å². The maximum absolute atomic E-state index is 12.1. The molecule has 0 aliphatic carbocycles. The topological polar surface area (TPSA) is 132 Å². The van der Waals surface area contributed by atoms with Crippen LogP contribution in [0.15, 0.2) is 72.1 Å². The molecule has 2 aromatic carbocycles. The Labute approximate surface area is 225 Å². The summed E-state index contributed by atoms with van der Waals surface area (Å²) in [6.07, 6.45) is 3.10. The number of aliphatic hydroxyl groups excluding tert-OH is 1. The summed E-state index contributed by atoms with van der Waals surface area (Å²) < 4.78 is 17.5. The third-order valence-electron chi connectivity index (χ3n) is 5.69. The van der Waals surface area contributed by atoms with Crippen molar-refractivity contribution in [1.29, 1.82) is 0 Å². The number of carbonyl (C=O) groups excluding carboxylic acids is 2. The molecule has 0 spiro atoms. The average molecular weight is 539 g/mol. The van der Waals surface area contributed by atoms with Crippen LogP contribution in [-0.2, 0) is 25.6 Å². The summed E-state index contributed by atoms with van der Waals surface area (Å²) in [4.78, 5) is 32.1. The number of urea groups is 1. The number of carbonyl (C=O) groups is 2. The van der Waals surface area contributed by atoms with Crippen LogP contribution in [0, 0.1) is 0 Å². The van der Waals surface area contributed by atoms with Crippen LogP contribution in [0.2, 0.25) is 0 Å². The first-order valence-electron chi connectivity index (χ1n) is 12.2. The zero-order chi connectivity index (χ0) is 26.7. The molecule has 4 rings (SSSR count). The molecule has 1 aliphatic heterocycles. The highest BCUT2D eigenvalue weighted by atomic mass is 32.2. The SMILES string of the molecule is CCOC(=O)CNC(=O)Nc1ccc([C@@H]2O[C@H](CSc3ncccn3)C[C@H](c3ccc(CO)cc3)O2)cc1. The van der Waals surface area contributed by atoms with Crippen LogP contribution in [0.5, 0.6) is 0 Å². The second-order valence-corrected chi connectivity index (χ2v) is 9.41. The maximum Gasteiger partial charge on any atom is 0.325 e. The van der Waals surface area contributed by atoms with E-state index in [4.69, 9.17) is 14.2 Å². The van der Waals surface area contributed by atoms with Gasteiger partial charge in [0.05, 0.1) is 25.4 Å². The molecule has 3 N–H and O–H groups in total. The molecule has 3 aromatic rings. The fraction of sp³-hybridized carbons (Fsp3) is 0.333. The van der Waals surface area contributed by atoms with E-state index in [1.165, 1.54) is 11.8 Å². The number of hydrogen-bond donors (Lipinski definition) is 3. The van der Waals surface area contributed by atoms with Crippen molar-refractivity contribution in [3.63, 3.8) is 0 Å². The number of nitrogens with zero attached hydrogens (tertiary/aromatic N) is 2. The summed E-state index contributed by atoms with van der Waals surface area (Å²) in [5.41, 5.74) is 3.18. The Hall–Kier alpha value is -3.51. The molecule has 3 atom stereocenters. The van der Waals surface area contributed by atoms with E-state index in [1.807, 2.05) is 36.4 Å². The zero-order valence-electron chi connectivity index (χ0n) is 20.9. The molecule has 0 bridgehead atoms. The molecular formula is C27H30N4O6S. The predicted octanol–water partition coefficient (Wildman–Crippen LogP) is 3.99. The normalized spacial score (nSPS) is 18.9. The van der Waals surface area contributed by atoms with Crippen LogP contribution in [0.3, 0.4) is 0 Å². The van der Waals surface area contributed by atoms with Crippen LogP contribution in [0.4, 0.5) is 10.5 Å². The number of rotatable bonds is 10. The van der Waals surface area contributed by atoms with Crippen LogP contribution in [0.25, 0.3) is 0 Å². The van der Waals surface area contributed by atoms with Gasteiger partial charge in [-0.3, -0.25) is 4.79 Å². The van der Waals surface area contributed by atoms with Gasteiger partial charge in [-0.2, -0.15) is 0 Å². The smallest absolute Gasteiger partial charge is 0.325 e. The fourth-order valence-electron chi connectivity index (χ4n) is 3.81. The van der Waals surface area contributed by atoms with Gasteiger partial charge in [0.25, 0.3) is 0 Å². The summed E-state index contributed by atoms with van der Waals surface area (Å²) >= 11 is 1.52. The Morgan fingerprint density at radius 1 is 1.05 bits per heavy atom. The van der Waals surface area contributed by atoms with Gasteiger partial charge >= 0.3 is 12.0 Å². The fourth-order valence-corrected chi connectivity index (χ4v) is 4.63. The van der Waals surface area contributed by atoms with Crippen LogP contribution in [0.1, 0.15) is 42.4 Å². The molecule has 1 saturated heterocycles. The van der Waals surface area contributed by atoms with Crippen LogP contribution >= 0.6 is 11.8 Å². The van der Waals surface area contributed by atoms with Gasteiger partial charge in [0.2, 0.25) is 0 Å². The second kappa shape index (κ2) is 13.9. The van der Waals surface area contributed by atoms with Crippen molar-refractivity contribution in [2.45, 2.75) is 43.6 Å². The van der Waals surface area contributed by atoms with Crippen LogP contribution < -0.4 is 10.6 Å². The monoisotopic (exact) mass is 538 g/mol. The average Bonchev–Trinajstić information content (AvgIpc) is 2.96. The molecule has 2 heterocycles. The number of amides is 2. The van der Waals surface area contributed by atoms with E-state index in [-0.39, 0.29) is 32.0 Å². The molecule has 0 unspecified atom stereocenters. The van der Waals surface area contributed by atoms with Crippen molar-refractivity contribution in [3.8, 4) is 0 Å². The minimum Gasteiger partial charge on any atom is -0.465 e. The summed E-state index contributed by atoms with van der Waals surface area (Å²) in [5, 5.41) is 15.2. The largest absolute Gasteiger partial charge is 0.465 e. The molecule has 2 amide bonds. The van der Waals surface area contributed by atoms with Crippen molar-refractivity contribution in [2.75, 3.05) is 24.2 Å². The van der Waals surface area contributed by atoms with E-state index >= 15 is 0 Å². The summed E-state index contributed by atoms with van der Waals surface area (Å²) in [6.45, 7) is 1.72. The van der Waals surface area contributed by atoms with Crippen molar-refractivity contribution in [1.82, 2.24) is 15.3 Å². The van der Waals surface area contributed by atoms with E-state index in [9.17, 15) is 14.7 Å². The third kappa shape index (κ3) is 7.99. The van der Waals surface area contributed by atoms with Gasteiger partial charge in [0.1, 0.15) is 6.54 Å². The molecule has 1 aliphatic rings. The Morgan fingerprint density at radius 3 is 2.45 bits per heavy atom. The van der Waals surface area contributed by atoms with Crippen molar-refractivity contribution in [3.05, 3.63) is 83.7 Å². The van der Waals surface area contributed by atoms with Crippen molar-refractivity contribution in [2.24, 2.45) is 0 Å². The Balaban J connectivity index is 1.42. The number of hydrogen-bond acceptors (Lipinski definition) is 9. The minimum atomic E-state index is -0.625. The van der Waals surface area contributed by atoms with Gasteiger partial charge in [0, 0.05) is 35.8 Å². The van der Waals surface area contributed by atoms with Gasteiger partial charge in [-0.05, 0) is 36.2 Å². The first-order valence-corrected chi connectivity index (χ1v) is 13.2. The highest BCUT2D eigenvalue weighted by molar-refractivity contribution is 7.99. The van der Waals surface area contributed by atoms with E-state index < -0.39 is 18.3 Å². The standard InChI is InChI=1S/C27H30N4O6S/c1-2-35-24(33)15-30-26(34)31-21-10-8-20(9-11-21)25-36-22(17-38-27-28-12-3-13-29-27)14-23(37-25)19-6-4-18(16-32)5-7-19/h3-13,22-23,25,32H,2,14-17H2,1H3,(H2,30,31,34)/t22-,23+,25+/m0/s1. The highest BCUT2D eigenvalue weighted by Gasteiger charge is 2.32. The molecule has 38 heavy (non-hydrogen) atoms. The second-order valence-electron chi connectivity index (χ2n) is 8.43. The molecule has 11 heteroatoms. The Morgan fingerprint density at radius 2 is 1.76 bits per heavy atom. The highest BCUT2D eigenvalue weighted by Crippen LogP contribution is 2.39. The number of esters is 1. The lowest BCUT2D eigenvalue weighted by molar-refractivity contribution is -0.245. The van der Waals surface area contributed by atoms with E-state index in [2.05, 4.69) is 20.6 Å². The zero-order valence-corrected chi connectivity index (χ0v) is 21.7. The lowest BCUT2D eigenvalue weighted by Crippen LogP contribution is -2.34. The Kier molecular flexibility index (Phi) is 10.0. The van der Waals surface area contributed by atoms with E-state index in [0.717, 1.165) is 16.7 Å². The number of ether oxygens (including phenoxy) is 3. The first kappa shape index (κ1) is 27.5. The summed E-state index contributed by atoms with van der Waals surface area (Å²) in [6, 6.07) is 16.1. The Bertz CT molecular complexity index is 1180. The number of benzene rings is 2. The number of anilines is 1. The molecular weight excluding hydrogens is 508 g/mol. The number of aromatic nitrogens is 2. The molecule has 10 nitrogen and oxygen atoms in total. The summed E-state index contributed by atoms with van der Waals surface area (Å²) in [5.74, 6) is 0.145. The third-order valence-corrected chi connectivity index (χ3v) is 6.70. The molecule has 0 radical (unpaired) electrons. The van der Waals surface area contributed by atoms with Gasteiger partial charge in [-0.15, -0.1) is 0 Å². The molecule has 200 valence electrons. The van der Waals surface area contributed by atoms with Gasteiger partial charge in [-0.25, -0.2) is 14.8 Å². The quantitative estimate of drug-likeness (QED) is 0.199. The van der Waals surface area contributed by atoms with Crippen LogP contribution in [-0.4, -0.2) is 52.1 Å². The maximum atomic E-state index is 12.1. The number of nitrogens with one attached hydrogen (secondary N) is 2. The van der Waals surface area contributed by atoms with Gasteiger partial charge in [-0.1, -0.05) is 48.2 Å². The van der Waals surface area contributed by atoms with Gasteiger partial charge < -0.3 is 30.0 Å². The minimum absolute atomic E-state index is 0.0187. The van der Waals surface area contributed by atoms with Crippen molar-refractivity contribution >= 4 is 29.4 Å². The lowest BCUT2D eigenvalue weighted by Gasteiger charge is -2.36. The molecule has 1 fully saturated rings. The lowest BCUT2D eigenvalue weighted by atomic mass is 10.0.